The second kappa shape index (κ2) is 10.7. The highest BCUT2D eigenvalue weighted by molar-refractivity contribution is 5.92. The van der Waals surface area contributed by atoms with Gasteiger partial charge in [0, 0.05) is 36.4 Å². The van der Waals surface area contributed by atoms with Gasteiger partial charge in [0.05, 0.1) is 22.2 Å². The third kappa shape index (κ3) is 4.72. The Hall–Kier alpha value is -5.90. The van der Waals surface area contributed by atoms with Gasteiger partial charge in [0.2, 0.25) is 5.91 Å². The molecule has 216 valence electrons. The first-order chi connectivity index (χ1) is 21.5. The fraction of sp³-hybridized carbons (Fsp3) is 0.118. The molecule has 0 aliphatic heterocycles. The first-order valence-corrected chi connectivity index (χ1v) is 14.1. The van der Waals surface area contributed by atoms with Crippen molar-refractivity contribution in [1.29, 1.82) is 0 Å². The van der Waals surface area contributed by atoms with Gasteiger partial charge in [-0.3, -0.25) is 19.1 Å². The van der Waals surface area contributed by atoms with E-state index in [1.54, 1.807) is 30.7 Å². The number of nitrogens with two attached hydrogens (primary N) is 1. The topological polar surface area (TPSA) is 149 Å². The minimum absolute atomic E-state index is 0.109. The van der Waals surface area contributed by atoms with Crippen LogP contribution in [-0.2, 0) is 16.8 Å². The number of carbonyl (C=O) groups excluding carboxylic acids is 2. The lowest BCUT2D eigenvalue weighted by atomic mass is 9.93. The number of pyridine rings is 3. The molecule has 4 heterocycles. The first-order valence-electron chi connectivity index (χ1n) is 14.1. The number of benzene rings is 2. The highest BCUT2D eigenvalue weighted by atomic mass is 16.3. The lowest BCUT2D eigenvalue weighted by Crippen LogP contribution is -2.34. The van der Waals surface area contributed by atoms with Crippen LogP contribution in [0.25, 0.3) is 39.5 Å². The number of nitrogen functional groups attached to an aromatic ring is 1. The molecule has 0 saturated heterocycles. The predicted molar refractivity (Wildman–Crippen MR) is 166 cm³/mol. The molecule has 7 rings (SSSR count). The number of amides is 1. The predicted octanol–water partition coefficient (Wildman–Crippen LogP) is 4.99. The van der Waals surface area contributed by atoms with E-state index in [4.69, 9.17) is 15.7 Å². The zero-order valence-corrected chi connectivity index (χ0v) is 23.5. The van der Waals surface area contributed by atoms with Gasteiger partial charge in [0.25, 0.3) is 0 Å². The van der Waals surface area contributed by atoms with Crippen LogP contribution in [0.5, 0.6) is 5.75 Å². The molecule has 0 spiro atoms. The van der Waals surface area contributed by atoms with Crippen molar-refractivity contribution in [3.63, 3.8) is 0 Å². The summed E-state index contributed by atoms with van der Waals surface area (Å²) in [6.07, 6.45) is 7.09. The number of rotatable bonds is 8. The molecule has 44 heavy (non-hydrogen) atoms. The molecule has 0 radical (unpaired) electrons. The molecular formula is C34H27N7O3. The highest BCUT2D eigenvalue weighted by Crippen LogP contribution is 2.49. The lowest BCUT2D eigenvalue weighted by Gasteiger charge is -2.17. The summed E-state index contributed by atoms with van der Waals surface area (Å²) in [5, 5.41) is 13.2. The van der Waals surface area contributed by atoms with Gasteiger partial charge in [0.1, 0.15) is 17.1 Å². The number of hydrogen-bond acceptors (Lipinski definition) is 8. The van der Waals surface area contributed by atoms with Gasteiger partial charge >= 0.3 is 0 Å². The third-order valence-corrected chi connectivity index (χ3v) is 8.08. The van der Waals surface area contributed by atoms with Crippen molar-refractivity contribution < 1.29 is 14.7 Å². The fourth-order valence-electron chi connectivity index (χ4n) is 5.49. The number of imidazole rings is 1. The Kier molecular flexibility index (Phi) is 6.58. The summed E-state index contributed by atoms with van der Waals surface area (Å²) >= 11 is 0. The summed E-state index contributed by atoms with van der Waals surface area (Å²) in [4.78, 5) is 42.7. The Bertz CT molecular complexity index is 2030. The van der Waals surface area contributed by atoms with Gasteiger partial charge in [0.15, 0.2) is 17.8 Å². The Morgan fingerprint density at radius 2 is 1.82 bits per heavy atom. The minimum Gasteiger partial charge on any atom is -0.507 e. The molecule has 4 aromatic heterocycles. The van der Waals surface area contributed by atoms with E-state index >= 15 is 0 Å². The third-order valence-electron chi connectivity index (χ3n) is 8.08. The van der Waals surface area contributed by atoms with Crippen LogP contribution in [0.1, 0.15) is 34.3 Å². The molecular weight excluding hydrogens is 554 g/mol. The molecule has 1 aliphatic rings. The van der Waals surface area contributed by atoms with Gasteiger partial charge in [-0.1, -0.05) is 18.2 Å². The summed E-state index contributed by atoms with van der Waals surface area (Å²) in [6, 6.07) is 24.0. The summed E-state index contributed by atoms with van der Waals surface area (Å²) in [5.74, 6) is 0.747. The van der Waals surface area contributed by atoms with Crippen LogP contribution in [0, 0.1) is 0 Å². The number of anilines is 1. The molecule has 10 nitrogen and oxygen atoms in total. The van der Waals surface area contributed by atoms with Crippen LogP contribution < -0.4 is 11.1 Å². The maximum Gasteiger partial charge on any atom is 0.230 e. The van der Waals surface area contributed by atoms with Crippen molar-refractivity contribution in [2.75, 3.05) is 5.73 Å². The fourth-order valence-corrected chi connectivity index (χ4v) is 5.49. The standard InChI is InChI=1S/C34H27N7O3/c35-30-26(4-2-16-37-30)31-40-28-12-11-27(22-3-1-15-36-19-22)39-32(28)41(31)25-9-5-21(6-10-25)18-38-33(44)34(13-14-34)24-8-7-23(20-42)29(43)17-24/h1-12,15-17,19-20,43H,13-14,18H2,(H2,35,37)(H,38,44). The van der Waals surface area contributed by atoms with E-state index in [-0.39, 0.29) is 17.2 Å². The Morgan fingerprint density at radius 3 is 2.52 bits per heavy atom. The van der Waals surface area contributed by atoms with E-state index < -0.39 is 5.41 Å². The molecule has 1 aliphatic carbocycles. The maximum atomic E-state index is 13.2. The molecule has 0 unspecified atom stereocenters. The zero-order valence-electron chi connectivity index (χ0n) is 23.5. The van der Waals surface area contributed by atoms with Gasteiger partial charge in [-0.2, -0.15) is 0 Å². The number of carbonyl (C=O) groups is 2. The quantitative estimate of drug-likeness (QED) is 0.213. The number of nitrogens with zero attached hydrogens (tertiary/aromatic N) is 5. The van der Waals surface area contributed by atoms with E-state index in [0.29, 0.717) is 59.6 Å². The van der Waals surface area contributed by atoms with Gasteiger partial charge in [-0.15, -0.1) is 0 Å². The van der Waals surface area contributed by atoms with Crippen LogP contribution >= 0.6 is 0 Å². The van der Waals surface area contributed by atoms with E-state index in [1.807, 2.05) is 65.2 Å². The summed E-state index contributed by atoms with van der Waals surface area (Å²) in [7, 11) is 0. The van der Waals surface area contributed by atoms with Crippen molar-refractivity contribution in [2.24, 2.45) is 0 Å². The molecule has 2 aromatic carbocycles. The molecule has 0 bridgehead atoms. The Morgan fingerprint density at radius 1 is 1.00 bits per heavy atom. The number of phenolic OH excluding ortho intramolecular Hbond substituents is 1. The molecule has 1 fully saturated rings. The second-order valence-electron chi connectivity index (χ2n) is 10.8. The van der Waals surface area contributed by atoms with Crippen LogP contribution in [-0.4, -0.2) is 41.8 Å². The molecule has 4 N–H and O–H groups in total. The lowest BCUT2D eigenvalue weighted by molar-refractivity contribution is -0.123. The van der Waals surface area contributed by atoms with Crippen molar-refractivity contribution in [3.05, 3.63) is 114 Å². The van der Waals surface area contributed by atoms with Crippen LogP contribution in [0.3, 0.4) is 0 Å². The van der Waals surface area contributed by atoms with E-state index in [2.05, 4.69) is 15.3 Å². The summed E-state index contributed by atoms with van der Waals surface area (Å²) in [5.41, 5.74) is 11.9. The van der Waals surface area contributed by atoms with Crippen molar-refractivity contribution in [2.45, 2.75) is 24.8 Å². The number of fused-ring (bicyclic) bond motifs is 1. The second-order valence-corrected chi connectivity index (χ2v) is 10.8. The molecule has 1 amide bonds. The number of nitrogens with one attached hydrogen (secondary N) is 1. The Balaban J connectivity index is 1.19. The number of aldehydes is 1. The van der Waals surface area contributed by atoms with E-state index in [9.17, 15) is 14.7 Å². The normalized spacial score (nSPS) is 13.5. The van der Waals surface area contributed by atoms with Crippen molar-refractivity contribution in [1.82, 2.24) is 29.8 Å². The smallest absolute Gasteiger partial charge is 0.230 e. The molecule has 6 aromatic rings. The number of aromatic nitrogens is 5. The van der Waals surface area contributed by atoms with E-state index in [1.165, 1.54) is 6.07 Å². The Labute approximate surface area is 252 Å². The van der Waals surface area contributed by atoms with Crippen LogP contribution in [0.4, 0.5) is 5.82 Å². The monoisotopic (exact) mass is 581 g/mol. The molecule has 1 saturated carbocycles. The van der Waals surface area contributed by atoms with Crippen molar-refractivity contribution in [3.8, 4) is 34.1 Å². The molecule has 10 heteroatoms. The average Bonchev–Trinajstić information content (AvgIpc) is 3.79. The van der Waals surface area contributed by atoms with Gasteiger partial charge in [-0.25, -0.2) is 15.0 Å². The molecule has 0 atom stereocenters. The first kappa shape index (κ1) is 27.0. The largest absolute Gasteiger partial charge is 0.507 e. The average molecular weight is 582 g/mol. The summed E-state index contributed by atoms with van der Waals surface area (Å²) < 4.78 is 1.96. The van der Waals surface area contributed by atoms with Crippen molar-refractivity contribution >= 4 is 29.2 Å². The van der Waals surface area contributed by atoms with Crippen LogP contribution in [0.15, 0.2) is 97.5 Å². The maximum absolute atomic E-state index is 13.2. The minimum atomic E-state index is -0.690. The summed E-state index contributed by atoms with van der Waals surface area (Å²) in [6.45, 7) is 0.329. The van der Waals surface area contributed by atoms with E-state index in [0.717, 1.165) is 22.5 Å². The number of phenols is 1. The number of hydrogen-bond donors (Lipinski definition) is 3. The number of aromatic hydroxyl groups is 1. The zero-order chi connectivity index (χ0) is 30.3. The van der Waals surface area contributed by atoms with Gasteiger partial charge < -0.3 is 16.2 Å². The SMILES string of the molecule is Nc1ncccc1-c1nc2ccc(-c3cccnc3)nc2n1-c1ccc(CNC(=O)C2(c3ccc(C=O)c(O)c3)CC2)cc1. The van der Waals surface area contributed by atoms with Crippen LogP contribution in [0.2, 0.25) is 0 Å². The highest BCUT2D eigenvalue weighted by Gasteiger charge is 2.51. The van der Waals surface area contributed by atoms with Gasteiger partial charge in [-0.05, 0) is 84.6 Å².